The first-order valence-electron chi connectivity index (χ1n) is 6.27. The Kier molecular flexibility index (Phi) is 3.87. The molecule has 4 nitrogen and oxygen atoms in total. The molecular weight excluding hydrogens is 228 g/mol. The van der Waals surface area contributed by atoms with Crippen LogP contribution in [-0.2, 0) is 11.3 Å². The van der Waals surface area contributed by atoms with Crippen LogP contribution in [0.25, 0.3) is 0 Å². The fourth-order valence-electron chi connectivity index (χ4n) is 2.10. The molecular formula is C14H20N2O2. The molecule has 0 aliphatic carbocycles. The van der Waals surface area contributed by atoms with E-state index in [-0.39, 0.29) is 11.6 Å². The Morgan fingerprint density at radius 2 is 2.11 bits per heavy atom. The van der Waals surface area contributed by atoms with E-state index in [1.54, 1.807) is 0 Å². The van der Waals surface area contributed by atoms with Crippen molar-refractivity contribution in [2.75, 3.05) is 19.8 Å². The Bertz CT molecular complexity index is 404. The number of rotatable bonds is 2. The zero-order chi connectivity index (χ0) is 13.0. The maximum Gasteiger partial charge on any atom is 0.318 e. The lowest BCUT2D eigenvalue weighted by Crippen LogP contribution is -2.58. The molecule has 2 rings (SSSR count). The van der Waals surface area contributed by atoms with Gasteiger partial charge in [0, 0.05) is 13.1 Å². The van der Waals surface area contributed by atoms with Crippen molar-refractivity contribution in [3.8, 4) is 0 Å². The number of carbonyl (C=O) groups is 1. The largest absolute Gasteiger partial charge is 0.377 e. The molecule has 1 saturated heterocycles. The van der Waals surface area contributed by atoms with E-state index in [2.05, 4.69) is 5.32 Å². The van der Waals surface area contributed by atoms with E-state index in [0.29, 0.717) is 26.3 Å². The summed E-state index contributed by atoms with van der Waals surface area (Å²) >= 11 is 0. The summed E-state index contributed by atoms with van der Waals surface area (Å²) in [7, 11) is 0. The number of carbonyl (C=O) groups excluding carboxylic acids is 1. The summed E-state index contributed by atoms with van der Waals surface area (Å²) in [5.74, 6) is 0. The molecule has 0 aromatic heterocycles. The van der Waals surface area contributed by atoms with Crippen LogP contribution in [0.3, 0.4) is 0 Å². The summed E-state index contributed by atoms with van der Waals surface area (Å²) in [5, 5.41) is 2.96. The smallest absolute Gasteiger partial charge is 0.318 e. The van der Waals surface area contributed by atoms with Crippen molar-refractivity contribution >= 4 is 6.03 Å². The highest BCUT2D eigenvalue weighted by Crippen LogP contribution is 2.18. The molecule has 1 N–H and O–H groups in total. The molecule has 1 aliphatic rings. The minimum atomic E-state index is -0.237. The van der Waals surface area contributed by atoms with Crippen molar-refractivity contribution in [2.45, 2.75) is 25.9 Å². The molecule has 1 aromatic rings. The molecule has 0 bridgehead atoms. The highest BCUT2D eigenvalue weighted by atomic mass is 16.5. The van der Waals surface area contributed by atoms with E-state index in [9.17, 15) is 4.79 Å². The van der Waals surface area contributed by atoms with Crippen LogP contribution in [0.4, 0.5) is 4.79 Å². The molecule has 18 heavy (non-hydrogen) atoms. The second kappa shape index (κ2) is 5.40. The lowest BCUT2D eigenvalue weighted by atomic mass is 10.0. The number of ether oxygens (including phenoxy) is 1. The molecule has 0 saturated carbocycles. The van der Waals surface area contributed by atoms with Gasteiger partial charge in [0.1, 0.15) is 0 Å². The zero-order valence-corrected chi connectivity index (χ0v) is 11.0. The second-order valence-corrected chi connectivity index (χ2v) is 5.16. The van der Waals surface area contributed by atoms with Crippen molar-refractivity contribution in [3.05, 3.63) is 35.9 Å². The number of nitrogens with zero attached hydrogens (tertiary/aromatic N) is 1. The van der Waals surface area contributed by atoms with Crippen LogP contribution in [0.5, 0.6) is 0 Å². The first-order valence-corrected chi connectivity index (χ1v) is 6.27. The number of benzene rings is 1. The number of urea groups is 1. The average molecular weight is 248 g/mol. The molecule has 1 heterocycles. The van der Waals surface area contributed by atoms with Crippen LogP contribution < -0.4 is 5.32 Å². The molecule has 98 valence electrons. The van der Waals surface area contributed by atoms with Gasteiger partial charge in [-0.3, -0.25) is 0 Å². The number of hydrogen-bond acceptors (Lipinski definition) is 2. The van der Waals surface area contributed by atoms with Crippen LogP contribution in [0.15, 0.2) is 30.3 Å². The predicted molar refractivity (Wildman–Crippen MR) is 70.3 cm³/mol. The molecule has 4 heteroatoms. The van der Waals surface area contributed by atoms with Gasteiger partial charge in [-0.05, 0) is 19.4 Å². The Balaban J connectivity index is 1.91. The van der Waals surface area contributed by atoms with Crippen LogP contribution in [0.2, 0.25) is 0 Å². The predicted octanol–water partition coefficient (Wildman–Crippen LogP) is 2.01. The summed E-state index contributed by atoms with van der Waals surface area (Å²) in [5.41, 5.74) is 0.871. The number of nitrogens with one attached hydrogen (secondary N) is 1. The van der Waals surface area contributed by atoms with Gasteiger partial charge in [-0.2, -0.15) is 0 Å². The van der Waals surface area contributed by atoms with E-state index in [1.165, 1.54) is 0 Å². The van der Waals surface area contributed by atoms with Gasteiger partial charge in [-0.1, -0.05) is 30.3 Å². The fraction of sp³-hybridized carbons (Fsp3) is 0.500. The zero-order valence-electron chi connectivity index (χ0n) is 11.0. The van der Waals surface area contributed by atoms with E-state index in [4.69, 9.17) is 4.74 Å². The van der Waals surface area contributed by atoms with Gasteiger partial charge in [-0.25, -0.2) is 4.79 Å². The molecule has 1 aromatic carbocycles. The summed E-state index contributed by atoms with van der Waals surface area (Å²) in [6.07, 6.45) is 0. The van der Waals surface area contributed by atoms with Gasteiger partial charge < -0.3 is 15.0 Å². The molecule has 0 atom stereocenters. The normalized spacial score (nSPS) is 18.4. The third-order valence-electron chi connectivity index (χ3n) is 3.18. The van der Waals surface area contributed by atoms with Crippen molar-refractivity contribution < 1.29 is 9.53 Å². The molecule has 2 amide bonds. The van der Waals surface area contributed by atoms with E-state index in [1.807, 2.05) is 49.1 Å². The second-order valence-electron chi connectivity index (χ2n) is 5.16. The Hall–Kier alpha value is -1.55. The number of amides is 2. The van der Waals surface area contributed by atoms with Crippen LogP contribution >= 0.6 is 0 Å². The van der Waals surface area contributed by atoms with Crippen molar-refractivity contribution in [1.29, 1.82) is 0 Å². The van der Waals surface area contributed by atoms with E-state index in [0.717, 1.165) is 5.56 Å². The quantitative estimate of drug-likeness (QED) is 0.870. The topological polar surface area (TPSA) is 41.6 Å². The third kappa shape index (κ3) is 3.01. The fourth-order valence-corrected chi connectivity index (χ4v) is 2.10. The van der Waals surface area contributed by atoms with Crippen LogP contribution in [0.1, 0.15) is 19.4 Å². The van der Waals surface area contributed by atoms with Crippen molar-refractivity contribution in [2.24, 2.45) is 0 Å². The lowest BCUT2D eigenvalue weighted by molar-refractivity contribution is -0.0278. The average Bonchev–Trinajstić information content (AvgIpc) is 2.37. The van der Waals surface area contributed by atoms with Crippen LogP contribution in [0, 0.1) is 0 Å². The molecule has 0 unspecified atom stereocenters. The third-order valence-corrected chi connectivity index (χ3v) is 3.18. The standard InChI is InChI=1S/C14H20N2O2/c1-14(2)11-18-9-8-16(14)13(17)15-10-12-6-4-3-5-7-12/h3-7H,8-11H2,1-2H3,(H,15,17). The summed E-state index contributed by atoms with van der Waals surface area (Å²) < 4.78 is 5.41. The van der Waals surface area contributed by atoms with Crippen molar-refractivity contribution in [1.82, 2.24) is 10.2 Å². The van der Waals surface area contributed by atoms with E-state index >= 15 is 0 Å². The maximum absolute atomic E-state index is 12.1. The first-order chi connectivity index (χ1) is 8.59. The molecule has 0 spiro atoms. The van der Waals surface area contributed by atoms with E-state index < -0.39 is 0 Å². The first kappa shape index (κ1) is 12.9. The maximum atomic E-state index is 12.1. The number of morpholine rings is 1. The molecule has 1 fully saturated rings. The van der Waals surface area contributed by atoms with Gasteiger partial charge >= 0.3 is 6.03 Å². The minimum Gasteiger partial charge on any atom is -0.377 e. The van der Waals surface area contributed by atoms with Gasteiger partial charge in [-0.15, -0.1) is 0 Å². The minimum absolute atomic E-state index is 0.0212. The highest BCUT2D eigenvalue weighted by molar-refractivity contribution is 5.75. The monoisotopic (exact) mass is 248 g/mol. The SMILES string of the molecule is CC1(C)COCCN1C(=O)NCc1ccccc1. The van der Waals surface area contributed by atoms with Gasteiger partial charge in [0.15, 0.2) is 0 Å². The number of hydrogen-bond donors (Lipinski definition) is 1. The Morgan fingerprint density at radius 3 is 2.78 bits per heavy atom. The summed E-state index contributed by atoms with van der Waals surface area (Å²) in [6, 6.07) is 9.90. The molecule has 0 radical (unpaired) electrons. The Morgan fingerprint density at radius 1 is 1.39 bits per heavy atom. The van der Waals surface area contributed by atoms with Gasteiger partial charge in [0.05, 0.1) is 18.8 Å². The van der Waals surface area contributed by atoms with Crippen molar-refractivity contribution in [3.63, 3.8) is 0 Å². The van der Waals surface area contributed by atoms with Gasteiger partial charge in [0.2, 0.25) is 0 Å². The molecule has 1 aliphatic heterocycles. The summed E-state index contributed by atoms with van der Waals surface area (Å²) in [6.45, 7) is 6.46. The van der Waals surface area contributed by atoms with Gasteiger partial charge in [0.25, 0.3) is 0 Å². The Labute approximate surface area is 108 Å². The lowest BCUT2D eigenvalue weighted by Gasteiger charge is -2.41. The highest BCUT2D eigenvalue weighted by Gasteiger charge is 2.33. The van der Waals surface area contributed by atoms with Crippen LogP contribution in [-0.4, -0.2) is 36.2 Å². The summed E-state index contributed by atoms with van der Waals surface area (Å²) in [4.78, 5) is 14.0.